The average molecular weight is 586 g/mol. The van der Waals surface area contributed by atoms with Gasteiger partial charge in [-0.05, 0) is 64.5 Å². The zero-order chi connectivity index (χ0) is 29.6. The molecule has 1 aliphatic carbocycles. The first-order chi connectivity index (χ1) is 18.5. The van der Waals surface area contributed by atoms with Crippen LogP contribution in [0.5, 0.6) is 5.88 Å². The molecule has 40 heavy (non-hydrogen) atoms. The molecule has 4 rings (SSSR count). The first kappa shape index (κ1) is 29.5. The molecule has 15 heteroatoms. The molecule has 2 aromatic heterocycles. The van der Waals surface area contributed by atoms with Crippen molar-refractivity contribution in [3.63, 3.8) is 0 Å². The van der Waals surface area contributed by atoms with Crippen LogP contribution in [0.1, 0.15) is 64.5 Å². The molecule has 0 atom stereocenters. The highest BCUT2D eigenvalue weighted by atomic mass is 32.2. The van der Waals surface area contributed by atoms with Gasteiger partial charge in [0.2, 0.25) is 0 Å². The Morgan fingerprint density at radius 3 is 2.38 bits per heavy atom. The van der Waals surface area contributed by atoms with Gasteiger partial charge in [0.25, 0.3) is 11.8 Å². The molecule has 0 unspecified atom stereocenters. The lowest BCUT2D eigenvalue weighted by atomic mass is 9.97. The van der Waals surface area contributed by atoms with Crippen LogP contribution in [0.25, 0.3) is 0 Å². The summed E-state index contributed by atoms with van der Waals surface area (Å²) in [7, 11) is -4.64. The minimum Gasteiger partial charge on any atom is -0.465 e. The van der Waals surface area contributed by atoms with E-state index >= 15 is 0 Å². The van der Waals surface area contributed by atoms with Crippen LogP contribution in [0.15, 0.2) is 12.3 Å². The third-order valence-electron chi connectivity index (χ3n) is 6.92. The lowest BCUT2D eigenvalue weighted by molar-refractivity contribution is -0.0501. The van der Waals surface area contributed by atoms with Crippen molar-refractivity contribution in [1.29, 1.82) is 0 Å². The molecule has 3 heterocycles. The number of nitrogens with zero attached hydrogens (tertiary/aromatic N) is 5. The molecule has 1 amide bonds. The van der Waals surface area contributed by atoms with Gasteiger partial charge in [-0.15, -0.1) is 0 Å². The van der Waals surface area contributed by atoms with Crippen molar-refractivity contribution in [2.75, 3.05) is 31.6 Å². The van der Waals surface area contributed by atoms with Crippen molar-refractivity contribution in [2.24, 2.45) is 5.92 Å². The molecule has 2 aromatic rings. The average Bonchev–Trinajstić information content (AvgIpc) is 3.66. The number of pyridine rings is 1. The quantitative estimate of drug-likeness (QED) is 0.271. The zero-order valence-electron chi connectivity index (χ0n) is 22.7. The standard InChI is InChI=1S/C25H30F3N5O6S/c1-14-10-19(30-15(2)20(14)23(35)38-5)32-8-9-33(24(3,4)13-32)22(34)18-12-29-21(17(31-18)11-16-6-7-16)39-40(36,37)25(26,27)28/h10,12,16H,6-9,11,13H2,1-5H3. The van der Waals surface area contributed by atoms with Crippen molar-refractivity contribution in [3.05, 3.63) is 40.5 Å². The molecule has 0 N–H and O–H groups in total. The zero-order valence-corrected chi connectivity index (χ0v) is 23.5. The summed E-state index contributed by atoms with van der Waals surface area (Å²) in [4.78, 5) is 41.8. The van der Waals surface area contributed by atoms with Crippen LogP contribution in [-0.2, 0) is 21.3 Å². The van der Waals surface area contributed by atoms with Gasteiger partial charge in [0.05, 0.1) is 30.1 Å². The molecule has 0 bridgehead atoms. The van der Waals surface area contributed by atoms with Crippen molar-refractivity contribution >= 4 is 27.8 Å². The Morgan fingerprint density at radius 2 is 1.82 bits per heavy atom. The molecule has 11 nitrogen and oxygen atoms in total. The first-order valence-electron chi connectivity index (χ1n) is 12.5. The van der Waals surface area contributed by atoms with Crippen LogP contribution in [0, 0.1) is 19.8 Å². The number of piperazine rings is 1. The van der Waals surface area contributed by atoms with Gasteiger partial charge in [-0.1, -0.05) is 0 Å². The van der Waals surface area contributed by atoms with E-state index in [2.05, 4.69) is 19.1 Å². The summed E-state index contributed by atoms with van der Waals surface area (Å²) in [5.41, 5.74) is -4.97. The van der Waals surface area contributed by atoms with Crippen LogP contribution >= 0.6 is 0 Å². The van der Waals surface area contributed by atoms with Gasteiger partial charge in [-0.2, -0.15) is 21.6 Å². The van der Waals surface area contributed by atoms with Crippen molar-refractivity contribution in [3.8, 4) is 5.88 Å². The Morgan fingerprint density at radius 1 is 1.15 bits per heavy atom. The third kappa shape index (κ3) is 5.98. The van der Waals surface area contributed by atoms with Crippen LogP contribution in [-0.4, -0.2) is 77.9 Å². The van der Waals surface area contributed by atoms with Crippen molar-refractivity contribution < 1.29 is 40.1 Å². The fourth-order valence-corrected chi connectivity index (χ4v) is 5.16. The normalized spacial score (nSPS) is 17.5. The van der Waals surface area contributed by atoms with E-state index in [-0.39, 0.29) is 30.3 Å². The van der Waals surface area contributed by atoms with Gasteiger partial charge in [0.1, 0.15) is 17.2 Å². The minimum absolute atomic E-state index is 0.0977. The monoisotopic (exact) mass is 585 g/mol. The Labute approximate surface area is 229 Å². The van der Waals surface area contributed by atoms with Crippen molar-refractivity contribution in [2.45, 2.75) is 58.0 Å². The minimum atomic E-state index is -5.94. The SMILES string of the molecule is COC(=O)c1c(C)cc(N2CCN(C(=O)c3cnc(OS(=O)(=O)C(F)(F)F)c(CC4CC4)n3)C(C)(C)C2)nc1C. The Bertz CT molecular complexity index is 1420. The lowest BCUT2D eigenvalue weighted by Gasteiger charge is -2.47. The van der Waals surface area contributed by atoms with E-state index < -0.39 is 38.9 Å². The fourth-order valence-electron chi connectivity index (χ4n) is 4.72. The topological polar surface area (TPSA) is 132 Å². The lowest BCUT2D eigenvalue weighted by Crippen LogP contribution is -2.61. The van der Waals surface area contributed by atoms with E-state index in [0.717, 1.165) is 19.0 Å². The molecule has 1 aliphatic heterocycles. The number of hydrogen-bond donors (Lipinski definition) is 0. The van der Waals surface area contributed by atoms with Crippen LogP contribution in [0.3, 0.4) is 0 Å². The maximum absolute atomic E-state index is 13.5. The molecule has 0 spiro atoms. The van der Waals surface area contributed by atoms with E-state index in [1.54, 1.807) is 24.8 Å². The molecular weight excluding hydrogens is 555 g/mol. The summed E-state index contributed by atoms with van der Waals surface area (Å²) in [6, 6.07) is 1.79. The number of ether oxygens (including phenoxy) is 1. The van der Waals surface area contributed by atoms with E-state index in [4.69, 9.17) is 4.74 Å². The van der Waals surface area contributed by atoms with Crippen LogP contribution in [0.2, 0.25) is 0 Å². The second kappa shape index (κ2) is 10.5. The number of hydrogen-bond acceptors (Lipinski definition) is 10. The number of rotatable bonds is 7. The van der Waals surface area contributed by atoms with Crippen LogP contribution < -0.4 is 9.08 Å². The number of anilines is 1. The summed E-state index contributed by atoms with van der Waals surface area (Å²) in [5.74, 6) is -1.01. The maximum atomic E-state index is 13.5. The Kier molecular flexibility index (Phi) is 7.73. The highest BCUT2D eigenvalue weighted by Crippen LogP contribution is 2.36. The van der Waals surface area contributed by atoms with E-state index in [1.807, 2.05) is 18.7 Å². The number of esters is 1. The van der Waals surface area contributed by atoms with Gasteiger partial charge in [0, 0.05) is 19.6 Å². The fraction of sp³-hybridized carbons (Fsp3) is 0.560. The molecule has 1 saturated carbocycles. The van der Waals surface area contributed by atoms with E-state index in [1.165, 1.54) is 7.11 Å². The number of carbonyl (C=O) groups excluding carboxylic acids is 2. The number of methoxy groups -OCH3 is 1. The maximum Gasteiger partial charge on any atom is 0.534 e. The van der Waals surface area contributed by atoms with Gasteiger partial charge in [-0.25, -0.2) is 19.7 Å². The van der Waals surface area contributed by atoms with Crippen molar-refractivity contribution in [1.82, 2.24) is 19.9 Å². The predicted octanol–water partition coefficient (Wildman–Crippen LogP) is 3.20. The second-order valence-corrected chi connectivity index (χ2v) is 12.1. The van der Waals surface area contributed by atoms with E-state index in [0.29, 0.717) is 35.7 Å². The number of halogens is 3. The summed E-state index contributed by atoms with van der Waals surface area (Å²) in [6.07, 6.45) is 2.67. The first-order valence-corrected chi connectivity index (χ1v) is 13.9. The molecule has 218 valence electrons. The highest BCUT2D eigenvalue weighted by Gasteiger charge is 2.49. The largest absolute Gasteiger partial charge is 0.534 e. The van der Waals surface area contributed by atoms with Gasteiger partial charge >= 0.3 is 21.6 Å². The number of aryl methyl sites for hydroxylation is 2. The van der Waals surface area contributed by atoms with Crippen LogP contribution in [0.4, 0.5) is 19.0 Å². The number of amides is 1. The summed E-state index contributed by atoms with van der Waals surface area (Å²) >= 11 is 0. The third-order valence-corrected chi connectivity index (χ3v) is 7.87. The smallest absolute Gasteiger partial charge is 0.465 e. The predicted molar refractivity (Wildman–Crippen MR) is 136 cm³/mol. The number of alkyl halides is 3. The molecule has 1 saturated heterocycles. The Balaban J connectivity index is 1.56. The molecular formula is C25H30F3N5O6S. The van der Waals surface area contributed by atoms with Gasteiger partial charge in [0.15, 0.2) is 0 Å². The summed E-state index contributed by atoms with van der Waals surface area (Å²) in [5, 5.41) is 0. The molecule has 2 fully saturated rings. The molecule has 2 aliphatic rings. The second-order valence-electron chi connectivity index (χ2n) is 10.6. The molecule has 0 aromatic carbocycles. The number of aromatic nitrogens is 3. The van der Waals surface area contributed by atoms with Gasteiger partial charge < -0.3 is 18.7 Å². The summed E-state index contributed by atoms with van der Waals surface area (Å²) in [6.45, 7) is 8.28. The van der Waals surface area contributed by atoms with Gasteiger partial charge in [-0.3, -0.25) is 4.79 Å². The highest BCUT2D eigenvalue weighted by molar-refractivity contribution is 7.87. The number of carbonyl (C=O) groups is 2. The summed E-state index contributed by atoms with van der Waals surface area (Å²) < 4.78 is 70.9. The molecule has 0 radical (unpaired) electrons. The van der Waals surface area contributed by atoms with E-state index in [9.17, 15) is 31.2 Å². The Hall–Kier alpha value is -3.49.